The fourth-order valence-corrected chi connectivity index (χ4v) is 3.87. The number of rotatable bonds is 7. The lowest BCUT2D eigenvalue weighted by atomic mass is 10.2. The molecule has 7 nitrogen and oxygen atoms in total. The maximum Gasteiger partial charge on any atom is 0.290 e. The maximum absolute atomic E-state index is 12.3. The third-order valence-electron chi connectivity index (χ3n) is 4.84. The Morgan fingerprint density at radius 2 is 2.14 bits per heavy atom. The van der Waals surface area contributed by atoms with Gasteiger partial charge in [-0.3, -0.25) is 9.78 Å². The Hall–Kier alpha value is -2.74. The predicted octanol–water partition coefficient (Wildman–Crippen LogP) is 3.04. The molecule has 4 rings (SSSR count). The minimum atomic E-state index is -0.179. The van der Waals surface area contributed by atoms with E-state index in [2.05, 4.69) is 32.5 Å². The lowest BCUT2D eigenvalue weighted by Crippen LogP contribution is -2.24. The van der Waals surface area contributed by atoms with E-state index in [9.17, 15) is 4.79 Å². The molecule has 28 heavy (non-hydrogen) atoms. The molecule has 1 aliphatic rings. The zero-order valence-corrected chi connectivity index (χ0v) is 17.0. The zero-order chi connectivity index (χ0) is 19.7. The lowest BCUT2D eigenvalue weighted by Gasteiger charge is -2.10. The summed E-state index contributed by atoms with van der Waals surface area (Å²) in [5.74, 6) is 1.33. The van der Waals surface area contributed by atoms with Crippen molar-refractivity contribution < 1.29 is 4.74 Å². The lowest BCUT2D eigenvalue weighted by molar-refractivity contribution is 0.278. The Balaban J connectivity index is 1.37. The largest absolute Gasteiger partial charge is 0.476 e. The first-order valence-electron chi connectivity index (χ1n) is 9.28. The minimum Gasteiger partial charge on any atom is -0.476 e. The van der Waals surface area contributed by atoms with Crippen LogP contribution in [-0.2, 0) is 13.6 Å². The van der Waals surface area contributed by atoms with Crippen LogP contribution in [0.5, 0.6) is 5.88 Å². The molecule has 0 amide bonds. The molecule has 1 saturated carbocycles. The first-order chi connectivity index (χ1) is 13.5. The molecular weight excluding hydrogens is 374 g/mol. The molecule has 0 aliphatic heterocycles. The number of nitrogens with zero attached hydrogens (tertiary/aromatic N) is 4. The van der Waals surface area contributed by atoms with Gasteiger partial charge in [-0.25, -0.2) is 9.67 Å². The van der Waals surface area contributed by atoms with Crippen molar-refractivity contribution in [1.29, 1.82) is 0 Å². The van der Waals surface area contributed by atoms with Crippen LogP contribution in [0.1, 0.15) is 33.5 Å². The third-order valence-corrected chi connectivity index (χ3v) is 5.76. The maximum atomic E-state index is 12.3. The van der Waals surface area contributed by atoms with Gasteiger partial charge in [0.05, 0.1) is 18.2 Å². The monoisotopic (exact) mass is 397 g/mol. The van der Waals surface area contributed by atoms with Gasteiger partial charge in [-0.15, -0.1) is 16.4 Å². The van der Waals surface area contributed by atoms with Crippen LogP contribution in [-0.4, -0.2) is 26.4 Å². The van der Waals surface area contributed by atoms with E-state index in [0.29, 0.717) is 36.6 Å². The number of aromatic nitrogens is 4. The van der Waals surface area contributed by atoms with Crippen LogP contribution in [0.3, 0.4) is 0 Å². The van der Waals surface area contributed by atoms with E-state index in [1.807, 2.05) is 26.2 Å². The fraction of sp³-hybridized carbons (Fsp3) is 0.400. The highest BCUT2D eigenvalue weighted by atomic mass is 32.1. The van der Waals surface area contributed by atoms with Crippen molar-refractivity contribution in [3.63, 3.8) is 0 Å². The average molecular weight is 398 g/mol. The molecule has 1 aliphatic carbocycles. The number of anilines is 1. The van der Waals surface area contributed by atoms with Gasteiger partial charge in [-0.1, -0.05) is 6.07 Å². The van der Waals surface area contributed by atoms with Crippen molar-refractivity contribution in [1.82, 2.24) is 19.7 Å². The Morgan fingerprint density at radius 3 is 2.86 bits per heavy atom. The topological polar surface area (TPSA) is 81.9 Å². The van der Waals surface area contributed by atoms with Gasteiger partial charge in [-0.05, 0) is 31.9 Å². The molecule has 0 saturated heterocycles. The molecule has 146 valence electrons. The number of pyridine rings is 1. The van der Waals surface area contributed by atoms with Crippen molar-refractivity contribution in [3.05, 3.63) is 62.1 Å². The molecule has 0 aromatic carbocycles. The van der Waals surface area contributed by atoms with Crippen molar-refractivity contribution in [2.75, 3.05) is 11.9 Å². The number of thiazole rings is 1. The van der Waals surface area contributed by atoms with Gasteiger partial charge in [0.1, 0.15) is 5.69 Å². The van der Waals surface area contributed by atoms with Crippen LogP contribution in [0.4, 0.5) is 5.69 Å². The summed E-state index contributed by atoms with van der Waals surface area (Å²) in [7, 11) is 1.63. The van der Waals surface area contributed by atoms with Crippen molar-refractivity contribution >= 4 is 17.0 Å². The summed E-state index contributed by atoms with van der Waals surface area (Å²) in [5, 5.41) is 8.40. The average Bonchev–Trinajstić information content (AvgIpc) is 3.34. The number of aryl methyl sites for hydroxylation is 3. The molecule has 1 unspecified atom stereocenters. The molecule has 2 atom stereocenters. The van der Waals surface area contributed by atoms with E-state index >= 15 is 0 Å². The third kappa shape index (κ3) is 4.22. The van der Waals surface area contributed by atoms with Gasteiger partial charge < -0.3 is 10.1 Å². The second kappa shape index (κ2) is 7.71. The highest BCUT2D eigenvalue weighted by molar-refractivity contribution is 7.11. The quantitative estimate of drug-likeness (QED) is 0.660. The van der Waals surface area contributed by atoms with Gasteiger partial charge in [0.25, 0.3) is 5.56 Å². The molecule has 0 spiro atoms. The molecular formula is C20H23N5O2S. The molecule has 1 fully saturated rings. The van der Waals surface area contributed by atoms with Crippen LogP contribution in [0, 0.1) is 19.8 Å². The summed E-state index contributed by atoms with van der Waals surface area (Å²) >= 11 is 1.61. The Labute approximate surface area is 167 Å². The molecule has 1 N–H and O–H groups in total. The summed E-state index contributed by atoms with van der Waals surface area (Å²) in [6.07, 6.45) is 4.79. The molecule has 0 radical (unpaired) electrons. The zero-order valence-electron chi connectivity index (χ0n) is 16.2. The Morgan fingerprint density at radius 1 is 1.29 bits per heavy atom. The highest BCUT2D eigenvalue weighted by Crippen LogP contribution is 2.46. The summed E-state index contributed by atoms with van der Waals surface area (Å²) in [6, 6.07) is 5.86. The smallest absolute Gasteiger partial charge is 0.290 e. The minimum absolute atomic E-state index is 0.179. The number of hydrogen-bond acceptors (Lipinski definition) is 7. The van der Waals surface area contributed by atoms with E-state index in [1.54, 1.807) is 24.5 Å². The molecule has 8 heteroatoms. The number of ether oxygens (including phenoxy) is 1. The van der Waals surface area contributed by atoms with Crippen LogP contribution < -0.4 is 15.6 Å². The molecule has 3 aromatic heterocycles. The Kier molecular flexibility index (Phi) is 5.13. The summed E-state index contributed by atoms with van der Waals surface area (Å²) in [4.78, 5) is 22.1. The Bertz CT molecular complexity index is 1030. The second-order valence-electron chi connectivity index (χ2n) is 7.20. The van der Waals surface area contributed by atoms with Gasteiger partial charge in [-0.2, -0.15) is 0 Å². The van der Waals surface area contributed by atoms with Crippen molar-refractivity contribution in [2.45, 2.75) is 32.7 Å². The van der Waals surface area contributed by atoms with Crippen LogP contribution in [0.25, 0.3) is 0 Å². The first-order valence-corrected chi connectivity index (χ1v) is 10.1. The van der Waals surface area contributed by atoms with Crippen LogP contribution in [0.15, 0.2) is 35.4 Å². The normalized spacial score (nSPS) is 18.1. The van der Waals surface area contributed by atoms with Crippen molar-refractivity contribution in [2.24, 2.45) is 13.0 Å². The van der Waals surface area contributed by atoms with E-state index < -0.39 is 0 Å². The van der Waals surface area contributed by atoms with Gasteiger partial charge in [0.15, 0.2) is 0 Å². The standard InChI is InChI=1S/C20H23N5O2S/c1-12-4-5-17(22-8-12)16-6-14(16)11-27-19-7-18(20(26)25(3)24-19)23-10-15-9-21-13(2)28-15/h4-5,7-9,14,16,23H,6,10-11H2,1-3H3/t14?,16-/m1/s1. The number of nitrogens with one attached hydrogen (secondary N) is 1. The van der Waals surface area contributed by atoms with Gasteiger partial charge in [0, 0.05) is 47.9 Å². The summed E-state index contributed by atoms with van der Waals surface area (Å²) in [6.45, 7) is 5.12. The number of hydrogen-bond donors (Lipinski definition) is 1. The van der Waals surface area contributed by atoms with E-state index in [0.717, 1.165) is 22.0 Å². The van der Waals surface area contributed by atoms with Gasteiger partial charge >= 0.3 is 0 Å². The van der Waals surface area contributed by atoms with E-state index in [1.165, 1.54) is 10.2 Å². The van der Waals surface area contributed by atoms with Crippen LogP contribution >= 0.6 is 11.3 Å². The fourth-order valence-electron chi connectivity index (χ4n) is 3.13. The van der Waals surface area contributed by atoms with E-state index in [4.69, 9.17) is 4.74 Å². The summed E-state index contributed by atoms with van der Waals surface area (Å²) in [5.41, 5.74) is 2.59. The van der Waals surface area contributed by atoms with Gasteiger partial charge in [0.2, 0.25) is 5.88 Å². The predicted molar refractivity (Wildman–Crippen MR) is 109 cm³/mol. The van der Waals surface area contributed by atoms with E-state index in [-0.39, 0.29) is 5.56 Å². The molecule has 3 heterocycles. The molecule has 0 bridgehead atoms. The van der Waals surface area contributed by atoms with Crippen LogP contribution in [0.2, 0.25) is 0 Å². The molecule has 3 aromatic rings. The second-order valence-corrected chi connectivity index (χ2v) is 8.52. The highest BCUT2D eigenvalue weighted by Gasteiger charge is 2.40. The van der Waals surface area contributed by atoms with Crippen molar-refractivity contribution in [3.8, 4) is 5.88 Å². The summed E-state index contributed by atoms with van der Waals surface area (Å²) < 4.78 is 7.20. The first kappa shape index (κ1) is 18.6. The SMILES string of the molecule is Cc1ccc([C@@H]2CC2COc2cc(NCc3cnc(C)s3)c(=O)n(C)n2)nc1.